The van der Waals surface area contributed by atoms with Crippen LogP contribution in [0, 0.1) is 5.92 Å². The topological polar surface area (TPSA) is 15.3 Å². The molecule has 0 radical (unpaired) electrons. The minimum atomic E-state index is 0.907. The molecule has 1 saturated heterocycles. The molecule has 1 aromatic rings. The van der Waals surface area contributed by atoms with Crippen molar-refractivity contribution in [1.29, 1.82) is 0 Å². The largest absolute Gasteiger partial charge is 0.371 e. The molecule has 2 nitrogen and oxygen atoms in total. The number of fused-ring (bicyclic) bond motifs is 1. The molecule has 0 aliphatic carbocycles. The minimum absolute atomic E-state index is 0.907. The summed E-state index contributed by atoms with van der Waals surface area (Å²) >= 11 is 0. The maximum atomic E-state index is 3.46. The molecule has 0 amide bonds. The first-order valence-electron chi connectivity index (χ1n) is 6.97. The number of para-hydroxylation sites is 1. The Balaban J connectivity index is 1.64. The van der Waals surface area contributed by atoms with E-state index in [0.29, 0.717) is 0 Å². The Labute approximate surface area is 104 Å². The summed E-state index contributed by atoms with van der Waals surface area (Å²) in [5.41, 5.74) is 3.04. The number of anilines is 1. The first kappa shape index (κ1) is 11.1. The van der Waals surface area contributed by atoms with E-state index in [2.05, 4.69) is 34.5 Å². The van der Waals surface area contributed by atoms with Gasteiger partial charge in [-0.05, 0) is 56.3 Å². The summed E-state index contributed by atoms with van der Waals surface area (Å²) in [5, 5.41) is 3.46. The lowest BCUT2D eigenvalue weighted by molar-refractivity contribution is 0.518. The fraction of sp³-hybridized carbons (Fsp3) is 0.600. The van der Waals surface area contributed by atoms with Crippen molar-refractivity contribution in [2.24, 2.45) is 5.92 Å². The quantitative estimate of drug-likeness (QED) is 0.858. The first-order chi connectivity index (χ1) is 8.43. The van der Waals surface area contributed by atoms with E-state index in [-0.39, 0.29) is 0 Å². The molecule has 0 aromatic heterocycles. The monoisotopic (exact) mass is 230 g/mol. The number of benzene rings is 1. The van der Waals surface area contributed by atoms with Crippen LogP contribution in [-0.4, -0.2) is 26.2 Å². The van der Waals surface area contributed by atoms with Crippen LogP contribution in [0.4, 0.5) is 5.69 Å². The highest BCUT2D eigenvalue weighted by molar-refractivity contribution is 5.55. The third-order valence-corrected chi connectivity index (χ3v) is 4.18. The molecule has 1 aromatic carbocycles. The highest BCUT2D eigenvalue weighted by Gasteiger charge is 2.19. The molecule has 1 N–H and O–H groups in total. The van der Waals surface area contributed by atoms with Gasteiger partial charge in [0.15, 0.2) is 0 Å². The lowest BCUT2D eigenvalue weighted by atomic mass is 9.99. The Kier molecular flexibility index (Phi) is 3.32. The highest BCUT2D eigenvalue weighted by atomic mass is 15.1. The lowest BCUT2D eigenvalue weighted by Gasteiger charge is -2.32. The smallest absolute Gasteiger partial charge is 0.0398 e. The van der Waals surface area contributed by atoms with Crippen molar-refractivity contribution >= 4 is 5.69 Å². The van der Waals surface area contributed by atoms with Gasteiger partial charge in [-0.3, -0.25) is 0 Å². The van der Waals surface area contributed by atoms with Crippen LogP contribution in [0.3, 0.4) is 0 Å². The van der Waals surface area contributed by atoms with Crippen LogP contribution < -0.4 is 10.2 Å². The van der Waals surface area contributed by atoms with Crippen LogP contribution in [0.1, 0.15) is 24.8 Å². The summed E-state index contributed by atoms with van der Waals surface area (Å²) in [6.45, 7) is 4.94. The Bertz CT molecular complexity index is 369. The van der Waals surface area contributed by atoms with Crippen molar-refractivity contribution < 1.29 is 0 Å². The summed E-state index contributed by atoms with van der Waals surface area (Å²) in [6, 6.07) is 8.93. The third-order valence-electron chi connectivity index (χ3n) is 4.18. The molecule has 1 unspecified atom stereocenters. The second-order valence-corrected chi connectivity index (χ2v) is 5.37. The van der Waals surface area contributed by atoms with Gasteiger partial charge in [-0.1, -0.05) is 18.2 Å². The van der Waals surface area contributed by atoms with Crippen LogP contribution in [0.15, 0.2) is 24.3 Å². The molecular weight excluding hydrogens is 208 g/mol. The number of rotatable bonds is 3. The number of aryl methyl sites for hydroxylation is 1. The fourth-order valence-electron chi connectivity index (χ4n) is 3.14. The van der Waals surface area contributed by atoms with Gasteiger partial charge < -0.3 is 10.2 Å². The molecule has 17 heavy (non-hydrogen) atoms. The summed E-state index contributed by atoms with van der Waals surface area (Å²) in [5.74, 6) is 0.907. The average molecular weight is 230 g/mol. The zero-order valence-corrected chi connectivity index (χ0v) is 10.5. The van der Waals surface area contributed by atoms with Crippen molar-refractivity contribution in [1.82, 2.24) is 5.32 Å². The van der Waals surface area contributed by atoms with Crippen molar-refractivity contribution in [3.05, 3.63) is 29.8 Å². The number of hydrogen-bond acceptors (Lipinski definition) is 2. The van der Waals surface area contributed by atoms with Crippen LogP contribution >= 0.6 is 0 Å². The van der Waals surface area contributed by atoms with E-state index in [1.165, 1.54) is 57.5 Å². The predicted octanol–water partition coefficient (Wildman–Crippen LogP) is 2.44. The average Bonchev–Trinajstić information content (AvgIpc) is 2.89. The Morgan fingerprint density at radius 2 is 2.24 bits per heavy atom. The first-order valence-corrected chi connectivity index (χ1v) is 6.97. The summed E-state index contributed by atoms with van der Waals surface area (Å²) in [4.78, 5) is 2.59. The second-order valence-electron chi connectivity index (χ2n) is 5.37. The van der Waals surface area contributed by atoms with E-state index >= 15 is 0 Å². The van der Waals surface area contributed by atoms with Crippen LogP contribution in [-0.2, 0) is 6.42 Å². The molecule has 0 saturated carbocycles. The zero-order chi connectivity index (χ0) is 11.5. The second kappa shape index (κ2) is 5.09. The predicted molar refractivity (Wildman–Crippen MR) is 72.6 cm³/mol. The molecule has 1 atom stereocenters. The minimum Gasteiger partial charge on any atom is -0.371 e. The van der Waals surface area contributed by atoms with Crippen molar-refractivity contribution in [3.63, 3.8) is 0 Å². The summed E-state index contributed by atoms with van der Waals surface area (Å²) in [6.07, 6.45) is 5.30. The molecule has 1 fully saturated rings. The summed E-state index contributed by atoms with van der Waals surface area (Å²) < 4.78 is 0. The van der Waals surface area contributed by atoms with Crippen molar-refractivity contribution in [2.45, 2.75) is 25.7 Å². The Hall–Kier alpha value is -1.02. The molecule has 2 heterocycles. The molecule has 0 bridgehead atoms. The zero-order valence-electron chi connectivity index (χ0n) is 10.5. The fourth-order valence-corrected chi connectivity index (χ4v) is 3.14. The summed E-state index contributed by atoms with van der Waals surface area (Å²) in [7, 11) is 0. The lowest BCUT2D eigenvalue weighted by Crippen LogP contribution is -2.31. The van der Waals surface area contributed by atoms with Gasteiger partial charge in [0.05, 0.1) is 0 Å². The Morgan fingerprint density at radius 3 is 3.12 bits per heavy atom. The van der Waals surface area contributed by atoms with E-state index in [0.717, 1.165) is 5.92 Å². The van der Waals surface area contributed by atoms with Gasteiger partial charge in [0.1, 0.15) is 0 Å². The standard InChI is InChI=1S/C15H22N2/c1-2-6-15-14(4-1)5-3-10-17(15)11-8-13-7-9-16-12-13/h1-2,4,6,13,16H,3,5,7-12H2. The van der Waals surface area contributed by atoms with Crippen LogP contribution in [0.5, 0.6) is 0 Å². The van der Waals surface area contributed by atoms with E-state index in [1.54, 1.807) is 5.56 Å². The van der Waals surface area contributed by atoms with Crippen LogP contribution in [0.25, 0.3) is 0 Å². The maximum absolute atomic E-state index is 3.46. The SMILES string of the molecule is c1ccc2c(c1)CCCN2CCC1CCNC1. The van der Waals surface area contributed by atoms with E-state index in [1.807, 2.05) is 0 Å². The van der Waals surface area contributed by atoms with E-state index in [4.69, 9.17) is 0 Å². The van der Waals surface area contributed by atoms with Gasteiger partial charge in [-0.15, -0.1) is 0 Å². The van der Waals surface area contributed by atoms with E-state index in [9.17, 15) is 0 Å². The van der Waals surface area contributed by atoms with E-state index < -0.39 is 0 Å². The maximum Gasteiger partial charge on any atom is 0.0398 e. The van der Waals surface area contributed by atoms with Gasteiger partial charge in [-0.2, -0.15) is 0 Å². The number of nitrogens with one attached hydrogen (secondary N) is 1. The molecule has 2 aliphatic heterocycles. The van der Waals surface area contributed by atoms with Gasteiger partial charge in [0, 0.05) is 18.8 Å². The van der Waals surface area contributed by atoms with Gasteiger partial charge in [0.25, 0.3) is 0 Å². The number of nitrogens with zero attached hydrogens (tertiary/aromatic N) is 1. The van der Waals surface area contributed by atoms with Crippen LogP contribution in [0.2, 0.25) is 0 Å². The molecular formula is C15H22N2. The normalized spacial score (nSPS) is 23.8. The Morgan fingerprint density at radius 1 is 1.29 bits per heavy atom. The van der Waals surface area contributed by atoms with Crippen molar-refractivity contribution in [2.75, 3.05) is 31.1 Å². The van der Waals surface area contributed by atoms with Gasteiger partial charge in [0.2, 0.25) is 0 Å². The number of hydrogen-bond donors (Lipinski definition) is 1. The third kappa shape index (κ3) is 2.47. The molecule has 2 aliphatic rings. The molecule has 0 spiro atoms. The highest BCUT2D eigenvalue weighted by Crippen LogP contribution is 2.27. The molecule has 92 valence electrons. The van der Waals surface area contributed by atoms with Crippen molar-refractivity contribution in [3.8, 4) is 0 Å². The molecule has 2 heteroatoms. The molecule has 3 rings (SSSR count). The van der Waals surface area contributed by atoms with Gasteiger partial charge in [-0.25, -0.2) is 0 Å². The van der Waals surface area contributed by atoms with Gasteiger partial charge >= 0.3 is 0 Å².